The van der Waals surface area contributed by atoms with Crippen molar-refractivity contribution in [2.75, 3.05) is 7.11 Å². The second kappa shape index (κ2) is 7.08. The summed E-state index contributed by atoms with van der Waals surface area (Å²) in [7, 11) is 1.59. The quantitative estimate of drug-likeness (QED) is 0.767. The van der Waals surface area contributed by atoms with Crippen molar-refractivity contribution >= 4 is 40.5 Å². The Bertz CT molecular complexity index is 675. The van der Waals surface area contributed by atoms with E-state index in [2.05, 4.69) is 5.48 Å². The number of hydrogen-bond donors (Lipinski definition) is 2. The van der Waals surface area contributed by atoms with Crippen LogP contribution in [0, 0.1) is 0 Å². The van der Waals surface area contributed by atoms with Crippen LogP contribution in [0.25, 0.3) is 5.57 Å². The van der Waals surface area contributed by atoms with Gasteiger partial charge in [0.15, 0.2) is 0 Å². The fourth-order valence-electron chi connectivity index (χ4n) is 3.30. The Kier molecular flexibility index (Phi) is 5.29. The molecule has 3 nitrogen and oxygen atoms in total. The average Bonchev–Trinajstić information content (AvgIpc) is 2.83. The molecule has 2 N–H and O–H groups in total. The zero-order valence-electron chi connectivity index (χ0n) is 13.0. The number of allylic oxidation sites excluding steroid dienone is 3. The number of fused-ring (bicyclic) bond motifs is 2. The minimum atomic E-state index is -0.339. The van der Waals surface area contributed by atoms with Gasteiger partial charge in [0, 0.05) is 5.25 Å². The van der Waals surface area contributed by atoms with E-state index in [1.165, 1.54) is 5.57 Å². The molecule has 2 aliphatic rings. The van der Waals surface area contributed by atoms with Gasteiger partial charge < -0.3 is 5.11 Å². The highest BCUT2D eigenvalue weighted by Crippen LogP contribution is 2.51. The lowest BCUT2D eigenvalue weighted by atomic mass is 9.93. The van der Waals surface area contributed by atoms with Gasteiger partial charge in [0.05, 0.1) is 34.2 Å². The molecule has 124 valence electrons. The van der Waals surface area contributed by atoms with Gasteiger partial charge in [-0.05, 0) is 48.6 Å². The third-order valence-electron chi connectivity index (χ3n) is 4.29. The maximum Gasteiger partial charge on any atom is 0.0711 e. The Morgan fingerprint density at radius 3 is 2.83 bits per heavy atom. The molecule has 6 heteroatoms. The SMILES string of the molecule is CC=C(NOC)C1=C(c2ccc(Cl)c(Cl)c2)CC2CC(O)[C@H]1S2. The lowest BCUT2D eigenvalue weighted by Crippen LogP contribution is -2.27. The summed E-state index contributed by atoms with van der Waals surface area (Å²) in [5, 5.41) is 12.0. The summed E-state index contributed by atoms with van der Waals surface area (Å²) in [5.41, 5.74) is 7.19. The van der Waals surface area contributed by atoms with Crippen LogP contribution in [0.3, 0.4) is 0 Å². The summed E-state index contributed by atoms with van der Waals surface area (Å²) in [6, 6.07) is 5.72. The van der Waals surface area contributed by atoms with E-state index < -0.39 is 0 Å². The fraction of sp³-hybridized carbons (Fsp3) is 0.412. The molecule has 1 aromatic rings. The van der Waals surface area contributed by atoms with Crippen LogP contribution in [-0.2, 0) is 4.84 Å². The van der Waals surface area contributed by atoms with Gasteiger partial charge in [-0.2, -0.15) is 0 Å². The van der Waals surface area contributed by atoms with E-state index in [1.54, 1.807) is 7.11 Å². The van der Waals surface area contributed by atoms with E-state index in [1.807, 2.05) is 43.0 Å². The lowest BCUT2D eigenvalue weighted by Gasteiger charge is -2.29. The molecule has 0 radical (unpaired) electrons. The predicted octanol–water partition coefficient (Wildman–Crippen LogP) is 4.44. The first-order chi connectivity index (χ1) is 11.0. The molecule has 0 aromatic heterocycles. The molecule has 2 unspecified atom stereocenters. The van der Waals surface area contributed by atoms with Crippen molar-refractivity contribution in [3.05, 3.63) is 51.2 Å². The number of nitrogens with one attached hydrogen (secondary N) is 1. The maximum atomic E-state index is 10.4. The molecule has 0 saturated carbocycles. The van der Waals surface area contributed by atoms with Crippen molar-refractivity contribution in [3.63, 3.8) is 0 Å². The second-order valence-electron chi connectivity index (χ2n) is 5.72. The Morgan fingerprint density at radius 1 is 1.39 bits per heavy atom. The summed E-state index contributed by atoms with van der Waals surface area (Å²) >= 11 is 14.1. The van der Waals surface area contributed by atoms with Crippen molar-refractivity contribution in [1.82, 2.24) is 5.48 Å². The first-order valence-corrected chi connectivity index (χ1v) is 9.22. The molecule has 0 amide bonds. The smallest absolute Gasteiger partial charge is 0.0711 e. The highest BCUT2D eigenvalue weighted by molar-refractivity contribution is 8.01. The van der Waals surface area contributed by atoms with Crippen molar-refractivity contribution < 1.29 is 9.94 Å². The van der Waals surface area contributed by atoms with Crippen LogP contribution in [0.1, 0.15) is 25.3 Å². The summed E-state index contributed by atoms with van der Waals surface area (Å²) in [6.07, 6.45) is 3.35. The van der Waals surface area contributed by atoms with Crippen LogP contribution in [0.15, 0.2) is 35.5 Å². The number of benzene rings is 1. The number of hydrogen-bond acceptors (Lipinski definition) is 4. The van der Waals surface area contributed by atoms with Gasteiger partial charge in [0.25, 0.3) is 0 Å². The molecule has 3 rings (SSSR count). The van der Waals surface area contributed by atoms with E-state index >= 15 is 0 Å². The van der Waals surface area contributed by atoms with Crippen LogP contribution in [-0.4, -0.2) is 28.8 Å². The zero-order chi connectivity index (χ0) is 16.6. The first kappa shape index (κ1) is 17.2. The minimum Gasteiger partial charge on any atom is -0.392 e. The van der Waals surface area contributed by atoms with Crippen LogP contribution in [0.5, 0.6) is 0 Å². The number of aliphatic hydroxyl groups excluding tert-OH is 1. The van der Waals surface area contributed by atoms with Crippen LogP contribution < -0.4 is 5.48 Å². The van der Waals surface area contributed by atoms with Crippen LogP contribution in [0.2, 0.25) is 10.0 Å². The molecule has 2 aliphatic heterocycles. The van der Waals surface area contributed by atoms with Gasteiger partial charge in [-0.15, -0.1) is 11.8 Å². The molecule has 23 heavy (non-hydrogen) atoms. The topological polar surface area (TPSA) is 41.5 Å². The molecule has 0 spiro atoms. The van der Waals surface area contributed by atoms with Crippen molar-refractivity contribution in [1.29, 1.82) is 0 Å². The van der Waals surface area contributed by atoms with Crippen LogP contribution >= 0.6 is 35.0 Å². The largest absolute Gasteiger partial charge is 0.392 e. The van der Waals surface area contributed by atoms with Gasteiger partial charge in [-0.3, -0.25) is 10.3 Å². The minimum absolute atomic E-state index is 0.0482. The van der Waals surface area contributed by atoms with E-state index in [4.69, 9.17) is 28.0 Å². The van der Waals surface area contributed by atoms with Crippen molar-refractivity contribution in [3.8, 4) is 0 Å². The molecule has 3 atom stereocenters. The van der Waals surface area contributed by atoms with E-state index in [-0.39, 0.29) is 11.4 Å². The third-order valence-corrected chi connectivity index (χ3v) is 6.62. The Balaban J connectivity index is 2.14. The number of rotatable bonds is 4. The van der Waals surface area contributed by atoms with E-state index in [9.17, 15) is 5.11 Å². The predicted molar refractivity (Wildman–Crippen MR) is 97.7 cm³/mol. The van der Waals surface area contributed by atoms with Gasteiger partial charge in [-0.25, -0.2) is 0 Å². The molecule has 1 saturated heterocycles. The Hall–Kier alpha value is -0.650. The molecule has 1 fully saturated rings. The number of thioether (sulfide) groups is 1. The summed E-state index contributed by atoms with van der Waals surface area (Å²) in [4.78, 5) is 5.13. The lowest BCUT2D eigenvalue weighted by molar-refractivity contribution is 0.118. The average molecular weight is 372 g/mol. The molecular formula is C17H19Cl2NO2S. The number of halogens is 2. The normalized spacial score (nSPS) is 27.5. The summed E-state index contributed by atoms with van der Waals surface area (Å²) in [5.74, 6) is 0. The molecule has 2 heterocycles. The fourth-order valence-corrected chi connectivity index (χ4v) is 5.28. The molecule has 2 bridgehead atoms. The maximum absolute atomic E-state index is 10.4. The van der Waals surface area contributed by atoms with Crippen LogP contribution in [0.4, 0.5) is 0 Å². The third kappa shape index (κ3) is 3.28. The summed E-state index contributed by atoms with van der Waals surface area (Å²) < 4.78 is 0. The highest BCUT2D eigenvalue weighted by Gasteiger charge is 2.42. The van der Waals surface area contributed by atoms with Crippen molar-refractivity contribution in [2.24, 2.45) is 0 Å². The molecular weight excluding hydrogens is 353 g/mol. The Morgan fingerprint density at radius 2 is 2.17 bits per heavy atom. The van der Waals surface area contributed by atoms with Crippen molar-refractivity contribution in [2.45, 2.75) is 36.4 Å². The number of hydroxylamine groups is 1. The summed E-state index contributed by atoms with van der Waals surface area (Å²) in [6.45, 7) is 1.96. The Labute approximate surface area is 150 Å². The monoisotopic (exact) mass is 371 g/mol. The zero-order valence-corrected chi connectivity index (χ0v) is 15.3. The van der Waals surface area contributed by atoms with Gasteiger partial charge in [0.2, 0.25) is 0 Å². The van der Waals surface area contributed by atoms with E-state index in [0.29, 0.717) is 15.3 Å². The van der Waals surface area contributed by atoms with E-state index in [0.717, 1.165) is 29.7 Å². The molecule has 0 aliphatic carbocycles. The van der Waals surface area contributed by atoms with Gasteiger partial charge in [0.1, 0.15) is 0 Å². The first-order valence-electron chi connectivity index (χ1n) is 7.52. The number of aliphatic hydroxyl groups is 1. The second-order valence-corrected chi connectivity index (χ2v) is 7.98. The standard InChI is InChI=1S/C17H19Cl2NO2S/c1-3-14(20-22-2)16-11(7-10-8-15(21)17(16)23-10)9-4-5-12(18)13(19)6-9/h3-6,10,15,17,20-21H,7-8H2,1-2H3/t10?,15?,17-/m1/s1. The van der Waals surface area contributed by atoms with Gasteiger partial charge >= 0.3 is 0 Å². The molecule has 1 aromatic carbocycles. The van der Waals surface area contributed by atoms with Gasteiger partial charge in [-0.1, -0.05) is 35.3 Å². The highest BCUT2D eigenvalue weighted by atomic mass is 35.5.